The van der Waals surface area contributed by atoms with Crippen molar-refractivity contribution in [1.29, 1.82) is 0 Å². The van der Waals surface area contributed by atoms with E-state index in [-0.39, 0.29) is 48.0 Å². The van der Waals surface area contributed by atoms with Gasteiger partial charge in [-0.2, -0.15) is 13.2 Å². The Morgan fingerprint density at radius 3 is 1.70 bits per heavy atom. The molecule has 2 aliphatic heterocycles. The zero-order valence-corrected chi connectivity index (χ0v) is 43.4. The molecular formula is C49H58F3N9O21. The normalized spacial score (nSPS) is 25.5. The molecule has 6 rings (SSSR count). The van der Waals surface area contributed by atoms with Crippen LogP contribution in [0.25, 0.3) is 0 Å². The van der Waals surface area contributed by atoms with Crippen LogP contribution in [0.15, 0.2) is 84.6 Å². The minimum Gasteiger partial charge on any atom is -0.491 e. The van der Waals surface area contributed by atoms with Crippen molar-refractivity contribution >= 4 is 47.2 Å². The van der Waals surface area contributed by atoms with E-state index in [1.807, 2.05) is 0 Å². The number of aliphatic hydroxyl groups excluding tert-OH is 3. The van der Waals surface area contributed by atoms with Crippen LogP contribution in [0.4, 0.5) is 44.6 Å². The molecular weight excluding hydrogens is 1110 g/mol. The van der Waals surface area contributed by atoms with Crippen LogP contribution < -0.4 is 31.9 Å². The molecule has 446 valence electrons. The minimum atomic E-state index is -5.35. The first kappa shape index (κ1) is 62.9. The first-order valence-electron chi connectivity index (χ1n) is 24.9. The number of nitro groups is 3. The average molecular weight is 1170 g/mol. The van der Waals surface area contributed by atoms with Crippen molar-refractivity contribution in [2.45, 2.75) is 119 Å². The summed E-state index contributed by atoms with van der Waals surface area (Å²) >= 11 is 0. The summed E-state index contributed by atoms with van der Waals surface area (Å²) in [4.78, 5) is 97.3. The highest BCUT2D eigenvalue weighted by Gasteiger charge is 2.55. The fourth-order valence-electron chi connectivity index (χ4n) is 9.19. The highest BCUT2D eigenvalue weighted by atomic mass is 19.4. The molecule has 1 saturated carbocycles. The summed E-state index contributed by atoms with van der Waals surface area (Å²) in [6.07, 6.45) is -20.0. The fourth-order valence-corrected chi connectivity index (χ4v) is 9.19. The maximum absolute atomic E-state index is 13.9. The number of nitrogens with one attached hydrogen (secondary N) is 6. The number of ether oxygens (including phenoxy) is 6. The smallest absolute Gasteiger partial charge is 0.471 e. The molecule has 10 N–H and O–H groups in total. The van der Waals surface area contributed by atoms with Crippen LogP contribution in [-0.2, 0) is 57.8 Å². The van der Waals surface area contributed by atoms with Crippen LogP contribution in [0, 0.1) is 36.3 Å². The van der Waals surface area contributed by atoms with E-state index in [4.69, 9.17) is 28.4 Å². The number of alkyl carbamates (subject to hydrolysis) is 3. The molecule has 3 aromatic carbocycles. The van der Waals surface area contributed by atoms with E-state index in [9.17, 15) is 87.9 Å². The number of carbonyl (C=O) groups is 5. The summed E-state index contributed by atoms with van der Waals surface area (Å²) in [6, 6.07) is 9.25. The number of hydrogen-bond donors (Lipinski definition) is 10. The Kier molecular flexibility index (Phi) is 21.4. The Labute approximate surface area is 462 Å². The second-order valence-electron chi connectivity index (χ2n) is 19.2. The number of likely N-dealkylation sites (N-methyl/N-ethyl adjacent to an activating group) is 1. The maximum Gasteiger partial charge on any atom is 0.471 e. The van der Waals surface area contributed by atoms with Crippen molar-refractivity contribution in [2.75, 3.05) is 26.7 Å². The Bertz CT molecular complexity index is 2800. The lowest BCUT2D eigenvalue weighted by atomic mass is 9.72. The third-order valence-electron chi connectivity index (χ3n) is 13.4. The quantitative estimate of drug-likeness (QED) is 0.0388. The highest BCUT2D eigenvalue weighted by molar-refractivity contribution is 5.82. The molecule has 2 fully saturated rings. The van der Waals surface area contributed by atoms with E-state index in [0.29, 0.717) is 11.1 Å². The van der Waals surface area contributed by atoms with Gasteiger partial charge in [0.2, 0.25) is 5.91 Å². The molecule has 3 aromatic rings. The van der Waals surface area contributed by atoms with Crippen molar-refractivity contribution in [2.24, 2.45) is 5.92 Å². The van der Waals surface area contributed by atoms with Crippen LogP contribution in [0.5, 0.6) is 0 Å². The van der Waals surface area contributed by atoms with E-state index in [1.54, 1.807) is 5.32 Å². The van der Waals surface area contributed by atoms with Crippen molar-refractivity contribution in [3.05, 3.63) is 132 Å². The van der Waals surface area contributed by atoms with Gasteiger partial charge in [-0.25, -0.2) is 14.4 Å². The Morgan fingerprint density at radius 1 is 0.732 bits per heavy atom. The zero-order valence-electron chi connectivity index (χ0n) is 43.4. The SMILES string of the molecule is CN[C@@H]1[C@@H](O)[C@@H](O[C@@H]2[C@@H](O)[C@H](C3OC(CNC(=O)C(F)(F)F)=CC[C@H]3NC(=O)OCc3ccc([N+](=O)[O-])cc3)[C@@H](NC(=O)OCc3ccc([N+](=O)[O-])cc3)C[C@H]2NC(=O)[C@@H](O)CCNC(=O)OCc2ccc([N+](=O)[O-])cc2)OC[C@]1(C)O. The molecule has 3 aliphatic rings. The van der Waals surface area contributed by atoms with E-state index >= 15 is 0 Å². The molecule has 12 atom stereocenters. The number of nitrogens with zero attached hydrogens (tertiary/aromatic N) is 3. The monoisotopic (exact) mass is 1170 g/mol. The van der Waals surface area contributed by atoms with E-state index in [2.05, 4.69) is 26.6 Å². The molecule has 0 radical (unpaired) electrons. The van der Waals surface area contributed by atoms with Gasteiger partial charge >= 0.3 is 30.4 Å². The number of aliphatic hydroxyl groups is 4. The predicted octanol–water partition coefficient (Wildman–Crippen LogP) is 1.64. The number of halogens is 3. The van der Waals surface area contributed by atoms with E-state index in [0.717, 1.165) is 24.3 Å². The number of non-ortho nitro benzene ring substituents is 3. The summed E-state index contributed by atoms with van der Waals surface area (Å²) in [5.41, 5.74) is -1.53. The van der Waals surface area contributed by atoms with Crippen LogP contribution >= 0.6 is 0 Å². The van der Waals surface area contributed by atoms with Gasteiger partial charge in [0.1, 0.15) is 55.6 Å². The summed E-state index contributed by atoms with van der Waals surface area (Å²) in [7, 11) is 1.40. The maximum atomic E-state index is 13.9. The Morgan fingerprint density at radius 2 is 1.22 bits per heavy atom. The molecule has 82 heavy (non-hydrogen) atoms. The largest absolute Gasteiger partial charge is 0.491 e. The first-order valence-corrected chi connectivity index (χ1v) is 24.9. The molecule has 5 amide bonds. The second-order valence-corrected chi connectivity index (χ2v) is 19.2. The van der Waals surface area contributed by atoms with Crippen molar-refractivity contribution in [1.82, 2.24) is 31.9 Å². The third-order valence-corrected chi connectivity index (χ3v) is 13.4. The van der Waals surface area contributed by atoms with Gasteiger partial charge in [0, 0.05) is 54.9 Å². The molecule has 30 nitrogen and oxygen atoms in total. The molecule has 1 unspecified atom stereocenters. The van der Waals surface area contributed by atoms with Gasteiger partial charge in [-0.3, -0.25) is 39.9 Å². The standard InChI is InChI=1S/C49H58F3N9O21/c1-48(70)24-80-43(38(64)41(48)53-2)82-40-34(56-42(65)35(62)17-18-54-45(67)77-21-25-3-9-28(10-4-25)59(71)72)19-33(58-47(69)79-23-27-7-13-30(14-8-27)61(75)76)36(37(40)63)39-32(16-15-31(81-39)20-55-44(66)49(50,51)52)57-46(68)78-22-26-5-11-29(12-6-26)60(73)74/h3-15,32-41,43,53,62-64,70H,16-24H2,1-2H3,(H,54,67)(H,55,66)(H,56,65)(H,57,68)(H,58,69)/t32-,33+,34-,35+,36-,37+,38-,39?,40+,41-,43-,48+/m1/s1. The van der Waals surface area contributed by atoms with Crippen LogP contribution in [0.2, 0.25) is 0 Å². The van der Waals surface area contributed by atoms with Crippen molar-refractivity contribution in [3.8, 4) is 0 Å². The summed E-state index contributed by atoms with van der Waals surface area (Å²) < 4.78 is 74.3. The van der Waals surface area contributed by atoms with Gasteiger partial charge in [0.25, 0.3) is 17.1 Å². The Hall–Kier alpha value is -8.34. The lowest BCUT2D eigenvalue weighted by Gasteiger charge is -2.51. The summed E-state index contributed by atoms with van der Waals surface area (Å²) in [5, 5.41) is 94.2. The van der Waals surface area contributed by atoms with Gasteiger partial charge < -0.3 is 80.7 Å². The molecule has 1 aliphatic carbocycles. The number of benzene rings is 3. The topological polar surface area (TPSA) is 423 Å². The molecule has 0 bridgehead atoms. The molecule has 0 spiro atoms. The molecule has 0 aromatic heterocycles. The number of alkyl halides is 3. The van der Waals surface area contributed by atoms with Crippen LogP contribution in [0.1, 0.15) is 42.9 Å². The Balaban J connectivity index is 1.30. The van der Waals surface area contributed by atoms with Gasteiger partial charge in [-0.15, -0.1) is 0 Å². The molecule has 33 heteroatoms. The highest BCUT2D eigenvalue weighted by Crippen LogP contribution is 2.38. The van der Waals surface area contributed by atoms with Crippen LogP contribution in [-0.4, -0.2) is 165 Å². The molecule has 1 saturated heterocycles. The van der Waals surface area contributed by atoms with Crippen molar-refractivity contribution < 1.29 is 101 Å². The summed E-state index contributed by atoms with van der Waals surface area (Å²) in [5.74, 6) is -5.54. The number of hydrogen-bond acceptors (Lipinski definition) is 22. The van der Waals surface area contributed by atoms with E-state index < -0.39 is 163 Å². The van der Waals surface area contributed by atoms with E-state index in [1.165, 1.54) is 68.6 Å². The predicted molar refractivity (Wildman–Crippen MR) is 269 cm³/mol. The van der Waals surface area contributed by atoms with Crippen LogP contribution in [0.3, 0.4) is 0 Å². The molecule has 2 heterocycles. The lowest BCUT2D eigenvalue weighted by Crippen LogP contribution is -2.70. The number of nitro benzene ring substituents is 3. The third kappa shape index (κ3) is 17.1. The van der Waals surface area contributed by atoms with Gasteiger partial charge in [0.15, 0.2) is 6.29 Å². The lowest BCUT2D eigenvalue weighted by molar-refractivity contribution is -0.385. The number of carbonyl (C=O) groups excluding carboxylic acids is 5. The fraction of sp³-hybridized carbons (Fsp3) is 0.490. The number of amides is 5. The zero-order chi connectivity index (χ0) is 60.1. The average Bonchev–Trinajstić information content (AvgIpc) is 3.52. The first-order chi connectivity index (χ1) is 38.7. The van der Waals surface area contributed by atoms with Gasteiger partial charge in [0.05, 0.1) is 52.2 Å². The summed E-state index contributed by atoms with van der Waals surface area (Å²) in [6.45, 7) is -1.74. The second kappa shape index (κ2) is 27.9. The minimum absolute atomic E-state index is 0.201. The van der Waals surface area contributed by atoms with Gasteiger partial charge in [-0.05, 0) is 92.4 Å². The number of rotatable bonds is 22. The van der Waals surface area contributed by atoms with Crippen molar-refractivity contribution in [3.63, 3.8) is 0 Å². The van der Waals surface area contributed by atoms with Gasteiger partial charge in [-0.1, -0.05) is 0 Å².